The minimum Gasteiger partial charge on any atom is -0.261 e. The summed E-state index contributed by atoms with van der Waals surface area (Å²) in [7, 11) is 0. The summed E-state index contributed by atoms with van der Waals surface area (Å²) < 4.78 is 26.7. The molecule has 0 aliphatic heterocycles. The van der Waals surface area contributed by atoms with Crippen molar-refractivity contribution in [3.8, 4) is 0 Å². The Bertz CT molecular complexity index is 528. The van der Waals surface area contributed by atoms with E-state index in [9.17, 15) is 13.6 Å². The van der Waals surface area contributed by atoms with Gasteiger partial charge >= 0.3 is 6.04 Å². The van der Waals surface area contributed by atoms with Gasteiger partial charge in [-0.2, -0.15) is 4.39 Å². The van der Waals surface area contributed by atoms with Gasteiger partial charge in [0.25, 0.3) is 0 Å². The summed E-state index contributed by atoms with van der Waals surface area (Å²) in [5, 5.41) is 0. The second-order valence-corrected chi connectivity index (χ2v) is 9.11. The Morgan fingerprint density at radius 2 is 2.00 bits per heavy atom. The van der Waals surface area contributed by atoms with E-state index in [0.29, 0.717) is 18.8 Å². The lowest BCUT2D eigenvalue weighted by Crippen LogP contribution is -2.52. The molecule has 130 valence electrons. The fourth-order valence-electron chi connectivity index (χ4n) is 6.16. The van der Waals surface area contributed by atoms with Crippen LogP contribution in [0.4, 0.5) is 8.78 Å². The fraction of sp³-hybridized carbons (Fsp3) is 0.850. The molecule has 0 N–H and O–H groups in total. The Kier molecular flexibility index (Phi) is 4.21. The first-order valence-corrected chi connectivity index (χ1v) is 9.22. The van der Waals surface area contributed by atoms with Gasteiger partial charge in [0.2, 0.25) is 0 Å². The molecule has 0 heterocycles. The Hall–Kier alpha value is -0.730. The van der Waals surface area contributed by atoms with Crippen molar-refractivity contribution in [2.75, 3.05) is 6.67 Å². The molecule has 3 heteroatoms. The molecule has 2 unspecified atom stereocenters. The van der Waals surface area contributed by atoms with Crippen molar-refractivity contribution in [3.05, 3.63) is 11.6 Å². The van der Waals surface area contributed by atoms with Gasteiger partial charge in [0.05, 0.1) is 12.1 Å². The maximum atomic E-state index is 13.9. The van der Waals surface area contributed by atoms with Crippen molar-refractivity contribution in [1.29, 1.82) is 0 Å². The first-order valence-electron chi connectivity index (χ1n) is 9.22. The van der Waals surface area contributed by atoms with E-state index >= 15 is 0 Å². The molecule has 0 aromatic rings. The molecule has 0 saturated heterocycles. The van der Waals surface area contributed by atoms with Crippen molar-refractivity contribution < 1.29 is 13.6 Å². The Balaban J connectivity index is 1.94. The molecule has 2 saturated carbocycles. The lowest BCUT2D eigenvalue weighted by molar-refractivity contribution is -0.151. The highest BCUT2D eigenvalue weighted by atomic mass is 19.1. The number of hydrogen-bond donors (Lipinski definition) is 0. The Morgan fingerprint density at radius 3 is 2.65 bits per heavy atom. The number of allylic oxidation sites excluding steroid dienone is 2. The van der Waals surface area contributed by atoms with E-state index in [-0.39, 0.29) is 23.4 Å². The number of alkyl halides is 1. The second-order valence-electron chi connectivity index (χ2n) is 9.11. The van der Waals surface area contributed by atoms with Crippen molar-refractivity contribution in [3.63, 3.8) is 0 Å². The van der Waals surface area contributed by atoms with E-state index in [1.807, 2.05) is 6.92 Å². The summed E-state index contributed by atoms with van der Waals surface area (Å²) in [5.74, 6) is 0.618. The summed E-state index contributed by atoms with van der Waals surface area (Å²) in [6, 6.07) is -1.12. The van der Waals surface area contributed by atoms with Crippen LogP contribution < -0.4 is 0 Å². The van der Waals surface area contributed by atoms with Crippen molar-refractivity contribution in [2.24, 2.45) is 28.1 Å². The van der Waals surface area contributed by atoms with Crippen LogP contribution in [0.5, 0.6) is 0 Å². The molecular weight excluding hydrogens is 294 g/mol. The van der Waals surface area contributed by atoms with Crippen LogP contribution in [0.1, 0.15) is 72.1 Å². The van der Waals surface area contributed by atoms with Crippen LogP contribution in [0.3, 0.4) is 0 Å². The molecule has 0 bridgehead atoms. The first kappa shape index (κ1) is 17.1. The molecule has 0 aromatic carbocycles. The standard InChI is InChI=1S/C20H30F2O/c1-18(11-12-21)10-7-15-14(13-18)5-6-16-19(15,2)8-4-9-20(16,3)17(22)23/h7,14,16H,4-6,8-13H2,1-3H3/t14?,16?,18-,19+,20-/m1/s1. The van der Waals surface area contributed by atoms with Gasteiger partial charge in [0.1, 0.15) is 0 Å². The third kappa shape index (κ3) is 2.59. The fourth-order valence-corrected chi connectivity index (χ4v) is 6.16. The average molecular weight is 324 g/mol. The summed E-state index contributed by atoms with van der Waals surface area (Å²) in [6.07, 6.45) is 9.55. The predicted molar refractivity (Wildman–Crippen MR) is 88.4 cm³/mol. The van der Waals surface area contributed by atoms with Crippen LogP contribution in [0.25, 0.3) is 0 Å². The zero-order valence-electron chi connectivity index (χ0n) is 14.8. The van der Waals surface area contributed by atoms with Crippen LogP contribution in [-0.4, -0.2) is 12.7 Å². The maximum absolute atomic E-state index is 13.9. The lowest BCUT2D eigenvalue weighted by atomic mass is 9.46. The summed E-state index contributed by atoms with van der Waals surface area (Å²) in [6.45, 7) is 6.05. The predicted octanol–water partition coefficient (Wildman–Crippen LogP) is 5.79. The lowest BCUT2D eigenvalue weighted by Gasteiger charge is -2.58. The zero-order valence-corrected chi connectivity index (χ0v) is 14.8. The van der Waals surface area contributed by atoms with E-state index in [1.54, 1.807) is 0 Å². The number of halogens is 2. The molecular formula is C20H30F2O. The Morgan fingerprint density at radius 1 is 1.26 bits per heavy atom. The molecule has 3 aliphatic rings. The van der Waals surface area contributed by atoms with Crippen LogP contribution in [0, 0.1) is 28.1 Å². The molecule has 0 radical (unpaired) electrons. The third-order valence-corrected chi connectivity index (χ3v) is 7.53. The third-order valence-electron chi connectivity index (χ3n) is 7.53. The SMILES string of the molecule is C[C@]1(CCF)CC=C2C(CCC3[C@](C)(C(=O)F)CCC[C@@]23C)C1. The van der Waals surface area contributed by atoms with Crippen molar-refractivity contribution >= 4 is 6.04 Å². The van der Waals surface area contributed by atoms with Gasteiger partial charge in [-0.15, -0.1) is 0 Å². The molecule has 3 rings (SSSR count). The molecule has 23 heavy (non-hydrogen) atoms. The second kappa shape index (κ2) is 5.67. The van der Waals surface area contributed by atoms with Gasteiger partial charge in [-0.3, -0.25) is 9.18 Å². The van der Waals surface area contributed by atoms with Crippen LogP contribution in [-0.2, 0) is 4.79 Å². The quantitative estimate of drug-likeness (QED) is 0.474. The molecule has 5 atom stereocenters. The number of carbonyl (C=O) groups excluding carboxylic acids is 1. The van der Waals surface area contributed by atoms with Crippen LogP contribution in [0.2, 0.25) is 0 Å². The maximum Gasteiger partial charge on any atom is 0.307 e. The van der Waals surface area contributed by atoms with Crippen molar-refractivity contribution in [1.82, 2.24) is 0 Å². The van der Waals surface area contributed by atoms with Gasteiger partial charge in [-0.05, 0) is 74.5 Å². The van der Waals surface area contributed by atoms with Gasteiger partial charge in [-0.1, -0.05) is 31.9 Å². The number of fused-ring (bicyclic) bond motifs is 3. The monoisotopic (exact) mass is 324 g/mol. The van der Waals surface area contributed by atoms with Crippen LogP contribution >= 0.6 is 0 Å². The van der Waals surface area contributed by atoms with Gasteiger partial charge in [0, 0.05) is 0 Å². The zero-order chi connectivity index (χ0) is 16.9. The summed E-state index contributed by atoms with van der Waals surface area (Å²) in [5.41, 5.74) is 0.671. The Labute approximate surface area is 138 Å². The van der Waals surface area contributed by atoms with E-state index < -0.39 is 11.5 Å². The van der Waals surface area contributed by atoms with Gasteiger partial charge < -0.3 is 0 Å². The largest absolute Gasteiger partial charge is 0.307 e. The molecule has 1 nitrogen and oxygen atoms in total. The summed E-state index contributed by atoms with van der Waals surface area (Å²) in [4.78, 5) is 11.7. The number of rotatable bonds is 3. The molecule has 0 amide bonds. The van der Waals surface area contributed by atoms with E-state index in [4.69, 9.17) is 0 Å². The number of carbonyl (C=O) groups is 1. The van der Waals surface area contributed by atoms with E-state index in [2.05, 4.69) is 19.9 Å². The minimum absolute atomic E-state index is 0.0469. The van der Waals surface area contributed by atoms with Crippen LogP contribution in [0.15, 0.2) is 11.6 Å². The van der Waals surface area contributed by atoms with E-state index in [1.165, 1.54) is 5.57 Å². The smallest absolute Gasteiger partial charge is 0.261 e. The first-order chi connectivity index (χ1) is 10.8. The highest BCUT2D eigenvalue weighted by Crippen LogP contribution is 2.64. The minimum atomic E-state index is -1.12. The van der Waals surface area contributed by atoms with Gasteiger partial charge in [-0.25, -0.2) is 0 Å². The average Bonchev–Trinajstić information content (AvgIpc) is 2.46. The molecule has 0 spiro atoms. The molecule has 3 aliphatic carbocycles. The topological polar surface area (TPSA) is 17.1 Å². The number of hydrogen-bond acceptors (Lipinski definition) is 1. The molecule has 2 fully saturated rings. The highest BCUT2D eigenvalue weighted by molar-refractivity contribution is 5.76. The molecule has 0 aromatic heterocycles. The summed E-state index contributed by atoms with van der Waals surface area (Å²) >= 11 is 0. The highest BCUT2D eigenvalue weighted by Gasteiger charge is 2.57. The van der Waals surface area contributed by atoms with Crippen molar-refractivity contribution in [2.45, 2.75) is 72.1 Å². The normalized spacial score (nSPS) is 46.6. The van der Waals surface area contributed by atoms with E-state index in [0.717, 1.165) is 38.5 Å². The van der Waals surface area contributed by atoms with Gasteiger partial charge in [0.15, 0.2) is 0 Å².